The largest absolute Gasteiger partial charge is 0.491 e. The molecule has 1 saturated heterocycles. The van der Waals surface area contributed by atoms with Crippen LogP contribution in [0.15, 0.2) is 48.5 Å². The number of hydrogen-bond acceptors (Lipinski definition) is 4. The van der Waals surface area contributed by atoms with Gasteiger partial charge in [-0.2, -0.15) is 0 Å². The Morgan fingerprint density at radius 3 is 2.67 bits per heavy atom. The minimum absolute atomic E-state index is 0.0109. The van der Waals surface area contributed by atoms with Crippen LogP contribution in [0.3, 0.4) is 0 Å². The highest BCUT2D eigenvalue weighted by atomic mass is 35.5. The first-order chi connectivity index (χ1) is 13.1. The molecule has 1 aliphatic heterocycles. The summed E-state index contributed by atoms with van der Waals surface area (Å²) in [4.78, 5) is 5.66. The third-order valence-electron chi connectivity index (χ3n) is 4.59. The summed E-state index contributed by atoms with van der Waals surface area (Å²) in [5.74, 6) is 0.982. The molecule has 1 N–H and O–H groups in total. The van der Waals surface area contributed by atoms with E-state index in [0.717, 1.165) is 30.7 Å². The molecule has 146 valence electrons. The minimum atomic E-state index is -0.226. The fourth-order valence-corrected chi connectivity index (χ4v) is 3.17. The van der Waals surface area contributed by atoms with Crippen LogP contribution in [0.1, 0.15) is 31.4 Å². The number of hydrogen-bond donors (Lipinski definition) is 1. The number of hydroxylamine groups is 1. The number of ether oxygens (including phenoxy) is 2. The smallest absolute Gasteiger partial charge is 0.123 e. The summed E-state index contributed by atoms with van der Waals surface area (Å²) in [6.07, 6.45) is 1.78. The third kappa shape index (κ3) is 6.47. The van der Waals surface area contributed by atoms with Gasteiger partial charge in [-0.3, -0.25) is 4.84 Å². The van der Waals surface area contributed by atoms with Crippen LogP contribution in [-0.4, -0.2) is 25.9 Å². The van der Waals surface area contributed by atoms with Crippen molar-refractivity contribution in [1.82, 2.24) is 5.48 Å². The average molecular weight is 394 g/mol. The lowest BCUT2D eigenvalue weighted by Gasteiger charge is -2.30. The molecule has 0 aromatic heterocycles. The lowest BCUT2D eigenvalue weighted by atomic mass is 9.92. The van der Waals surface area contributed by atoms with E-state index in [1.54, 1.807) is 24.3 Å². The summed E-state index contributed by atoms with van der Waals surface area (Å²) in [7, 11) is 0. The Labute approximate surface area is 164 Å². The van der Waals surface area contributed by atoms with Crippen molar-refractivity contribution in [3.8, 4) is 5.75 Å². The van der Waals surface area contributed by atoms with Gasteiger partial charge in [0.25, 0.3) is 0 Å². The number of nitrogens with one attached hydrogen (secondary N) is 1. The Hall–Kier alpha value is -1.66. The molecule has 0 amide bonds. The molecule has 1 aliphatic rings. The SMILES string of the molecule is CC(COc1ccc(Cl)cc1)ONCC1CCOC(c2ccc(F)cc2)C1. The van der Waals surface area contributed by atoms with Gasteiger partial charge in [0, 0.05) is 18.2 Å². The zero-order valence-electron chi connectivity index (χ0n) is 15.4. The molecular weight excluding hydrogens is 369 g/mol. The first-order valence-corrected chi connectivity index (χ1v) is 9.62. The molecule has 0 radical (unpaired) electrons. The summed E-state index contributed by atoms with van der Waals surface area (Å²) in [5.41, 5.74) is 4.08. The predicted molar refractivity (Wildman–Crippen MR) is 103 cm³/mol. The van der Waals surface area contributed by atoms with Crippen molar-refractivity contribution >= 4 is 11.6 Å². The average Bonchev–Trinajstić information content (AvgIpc) is 2.68. The second-order valence-corrected chi connectivity index (χ2v) is 7.28. The standard InChI is InChI=1S/C21H25ClFNO3/c1-15(14-26-20-8-4-18(22)5-9-20)27-24-13-16-10-11-25-21(12-16)17-2-6-19(23)7-3-17/h2-9,15-16,21,24H,10-14H2,1H3. The van der Waals surface area contributed by atoms with Gasteiger partial charge in [0.2, 0.25) is 0 Å². The molecule has 27 heavy (non-hydrogen) atoms. The van der Waals surface area contributed by atoms with Crippen LogP contribution in [-0.2, 0) is 9.57 Å². The molecule has 2 aromatic rings. The number of halogens is 2. The first kappa shape index (κ1) is 20.1. The van der Waals surface area contributed by atoms with Crippen molar-refractivity contribution in [3.05, 3.63) is 64.9 Å². The van der Waals surface area contributed by atoms with E-state index in [4.69, 9.17) is 25.9 Å². The van der Waals surface area contributed by atoms with Crippen molar-refractivity contribution in [2.75, 3.05) is 19.8 Å². The quantitative estimate of drug-likeness (QED) is 0.645. The van der Waals surface area contributed by atoms with Gasteiger partial charge in [-0.25, -0.2) is 9.87 Å². The Bertz CT molecular complexity index is 696. The maximum atomic E-state index is 13.1. The van der Waals surface area contributed by atoms with Gasteiger partial charge in [-0.1, -0.05) is 23.7 Å². The molecule has 1 fully saturated rings. The summed E-state index contributed by atoms with van der Waals surface area (Å²) in [6, 6.07) is 13.8. The van der Waals surface area contributed by atoms with Crippen molar-refractivity contribution in [2.24, 2.45) is 5.92 Å². The third-order valence-corrected chi connectivity index (χ3v) is 4.84. The van der Waals surface area contributed by atoms with Gasteiger partial charge >= 0.3 is 0 Å². The van der Waals surface area contributed by atoms with E-state index in [9.17, 15) is 4.39 Å². The van der Waals surface area contributed by atoms with Crippen LogP contribution >= 0.6 is 11.6 Å². The predicted octanol–water partition coefficient (Wildman–Crippen LogP) is 4.94. The maximum Gasteiger partial charge on any atom is 0.123 e. The summed E-state index contributed by atoms with van der Waals surface area (Å²) in [5, 5.41) is 0.684. The molecule has 0 saturated carbocycles. The molecule has 6 heteroatoms. The van der Waals surface area contributed by atoms with E-state index in [-0.39, 0.29) is 18.0 Å². The van der Waals surface area contributed by atoms with Crippen LogP contribution < -0.4 is 10.2 Å². The first-order valence-electron chi connectivity index (χ1n) is 9.24. The zero-order valence-corrected chi connectivity index (χ0v) is 16.1. The molecule has 2 aromatic carbocycles. The van der Waals surface area contributed by atoms with Crippen LogP contribution in [0, 0.1) is 11.7 Å². The van der Waals surface area contributed by atoms with E-state index < -0.39 is 0 Å². The molecule has 1 heterocycles. The lowest BCUT2D eigenvalue weighted by molar-refractivity contribution is -0.0588. The Balaban J connectivity index is 1.36. The monoisotopic (exact) mass is 393 g/mol. The van der Waals surface area contributed by atoms with E-state index in [1.165, 1.54) is 12.1 Å². The highest BCUT2D eigenvalue weighted by Crippen LogP contribution is 2.31. The highest BCUT2D eigenvalue weighted by Gasteiger charge is 2.24. The van der Waals surface area contributed by atoms with Crippen LogP contribution in [0.4, 0.5) is 4.39 Å². The minimum Gasteiger partial charge on any atom is -0.491 e. The number of rotatable bonds is 8. The molecule has 3 atom stereocenters. The lowest BCUT2D eigenvalue weighted by Crippen LogP contribution is -2.33. The van der Waals surface area contributed by atoms with Gasteiger partial charge in [0.1, 0.15) is 24.3 Å². The summed E-state index contributed by atoms with van der Waals surface area (Å²) >= 11 is 5.86. The second-order valence-electron chi connectivity index (χ2n) is 6.84. The van der Waals surface area contributed by atoms with Crippen molar-refractivity contribution < 1.29 is 18.7 Å². The van der Waals surface area contributed by atoms with E-state index in [0.29, 0.717) is 24.2 Å². The van der Waals surface area contributed by atoms with Gasteiger partial charge < -0.3 is 9.47 Å². The van der Waals surface area contributed by atoms with Crippen LogP contribution in [0.2, 0.25) is 5.02 Å². The topological polar surface area (TPSA) is 39.7 Å². The Morgan fingerprint density at radius 2 is 1.93 bits per heavy atom. The van der Waals surface area contributed by atoms with Gasteiger partial charge in [0.05, 0.1) is 6.10 Å². The Morgan fingerprint density at radius 1 is 1.19 bits per heavy atom. The van der Waals surface area contributed by atoms with Crippen molar-refractivity contribution in [2.45, 2.75) is 32.0 Å². The fourth-order valence-electron chi connectivity index (χ4n) is 3.05. The molecule has 0 bridgehead atoms. The summed E-state index contributed by atoms with van der Waals surface area (Å²) < 4.78 is 24.6. The van der Waals surface area contributed by atoms with Gasteiger partial charge in [0.15, 0.2) is 0 Å². The molecule has 0 aliphatic carbocycles. The molecular formula is C21H25ClFNO3. The van der Waals surface area contributed by atoms with E-state index >= 15 is 0 Å². The van der Waals surface area contributed by atoms with E-state index in [1.807, 2.05) is 19.1 Å². The molecule has 3 rings (SSSR count). The second kappa shape index (κ2) is 10.0. The fraction of sp³-hybridized carbons (Fsp3) is 0.429. The normalized spacial score (nSPS) is 21.0. The van der Waals surface area contributed by atoms with Crippen LogP contribution in [0.25, 0.3) is 0 Å². The van der Waals surface area contributed by atoms with Crippen LogP contribution in [0.5, 0.6) is 5.75 Å². The van der Waals surface area contributed by atoms with Gasteiger partial charge in [-0.05, 0) is 67.6 Å². The van der Waals surface area contributed by atoms with Crippen molar-refractivity contribution in [1.29, 1.82) is 0 Å². The molecule has 3 unspecified atom stereocenters. The van der Waals surface area contributed by atoms with E-state index in [2.05, 4.69) is 5.48 Å². The maximum absolute atomic E-state index is 13.1. The van der Waals surface area contributed by atoms with Crippen molar-refractivity contribution in [3.63, 3.8) is 0 Å². The highest BCUT2D eigenvalue weighted by molar-refractivity contribution is 6.30. The Kier molecular flexibility index (Phi) is 7.47. The zero-order chi connectivity index (χ0) is 19.1. The van der Waals surface area contributed by atoms with Gasteiger partial charge in [-0.15, -0.1) is 0 Å². The molecule has 0 spiro atoms. The summed E-state index contributed by atoms with van der Waals surface area (Å²) in [6.45, 7) is 3.84. The molecule has 4 nitrogen and oxygen atoms in total. The number of benzene rings is 2.